The van der Waals surface area contributed by atoms with E-state index in [4.69, 9.17) is 0 Å². The first-order valence-electron chi connectivity index (χ1n) is 4.82. The predicted molar refractivity (Wildman–Crippen MR) is 57.7 cm³/mol. The molecule has 0 atom stereocenters. The summed E-state index contributed by atoms with van der Waals surface area (Å²) < 4.78 is 0.895. The first-order valence-corrected chi connectivity index (χ1v) is 4.82. The van der Waals surface area contributed by atoms with Crippen molar-refractivity contribution in [1.29, 1.82) is 0 Å². The summed E-state index contributed by atoms with van der Waals surface area (Å²) >= 11 is 0. The van der Waals surface area contributed by atoms with Crippen LogP contribution in [0.3, 0.4) is 0 Å². The van der Waals surface area contributed by atoms with E-state index in [2.05, 4.69) is 0 Å². The minimum atomic E-state index is -0.414. The maximum atomic E-state index is 11.6. The van der Waals surface area contributed by atoms with Gasteiger partial charge in [0.1, 0.15) is 0 Å². The lowest BCUT2D eigenvalue weighted by molar-refractivity contribution is 0.152. The highest BCUT2D eigenvalue weighted by Gasteiger charge is 2.25. The highest BCUT2D eigenvalue weighted by molar-refractivity contribution is 5.36. The van der Waals surface area contributed by atoms with Crippen LogP contribution in [0, 0.1) is 13.8 Å². The molecule has 0 fully saturated rings. The van der Waals surface area contributed by atoms with Gasteiger partial charge in [-0.2, -0.15) is 4.73 Å². The van der Waals surface area contributed by atoms with Crippen LogP contribution < -0.4 is 5.43 Å². The van der Waals surface area contributed by atoms with Gasteiger partial charge in [0.25, 0.3) is 0 Å². The van der Waals surface area contributed by atoms with Crippen LogP contribution in [0.5, 0.6) is 5.75 Å². The second-order valence-electron chi connectivity index (χ2n) is 4.80. The summed E-state index contributed by atoms with van der Waals surface area (Å²) in [7, 11) is 0. The normalized spacial score (nSPS) is 11.8. The first kappa shape index (κ1) is 11.6. The van der Waals surface area contributed by atoms with Gasteiger partial charge in [-0.05, 0) is 13.8 Å². The van der Waals surface area contributed by atoms with E-state index < -0.39 is 5.43 Å². The molecule has 0 aliphatic heterocycles. The number of aromatic nitrogens is 1. The van der Waals surface area contributed by atoms with E-state index in [1.807, 2.05) is 20.8 Å². The molecule has 0 unspecified atom stereocenters. The topological polar surface area (TPSA) is 62.5 Å². The molecule has 0 aromatic carbocycles. The van der Waals surface area contributed by atoms with Gasteiger partial charge in [0.05, 0.1) is 11.4 Å². The van der Waals surface area contributed by atoms with Crippen molar-refractivity contribution in [1.82, 2.24) is 4.73 Å². The highest BCUT2D eigenvalue weighted by Crippen LogP contribution is 2.26. The standard InChI is InChI=1S/C11H17NO3/c1-6-8(13)9(14)7(2)12(15)10(6)11(3,4)5/h14-15H,1-5H3. The lowest BCUT2D eigenvalue weighted by Gasteiger charge is -2.24. The van der Waals surface area contributed by atoms with Gasteiger partial charge in [0, 0.05) is 11.0 Å². The van der Waals surface area contributed by atoms with E-state index in [1.165, 1.54) is 6.92 Å². The summed E-state index contributed by atoms with van der Waals surface area (Å²) in [5.41, 5.74) is 0.324. The molecule has 0 spiro atoms. The summed E-state index contributed by atoms with van der Waals surface area (Å²) in [6.07, 6.45) is 0. The van der Waals surface area contributed by atoms with Gasteiger partial charge in [-0.1, -0.05) is 20.8 Å². The summed E-state index contributed by atoms with van der Waals surface area (Å²) in [5.74, 6) is -0.386. The van der Waals surface area contributed by atoms with Crippen molar-refractivity contribution in [2.24, 2.45) is 0 Å². The number of hydrogen-bond acceptors (Lipinski definition) is 3. The molecule has 1 aromatic rings. The molecule has 0 bridgehead atoms. The third-order valence-electron chi connectivity index (χ3n) is 2.49. The monoisotopic (exact) mass is 211 g/mol. The minimum absolute atomic E-state index is 0.176. The Morgan fingerprint density at radius 3 is 2.07 bits per heavy atom. The van der Waals surface area contributed by atoms with Crippen molar-refractivity contribution in [3.63, 3.8) is 0 Å². The van der Waals surface area contributed by atoms with E-state index in [1.54, 1.807) is 6.92 Å². The van der Waals surface area contributed by atoms with E-state index in [0.29, 0.717) is 11.3 Å². The quantitative estimate of drug-likeness (QED) is 0.642. The van der Waals surface area contributed by atoms with Gasteiger partial charge in [0.2, 0.25) is 5.43 Å². The van der Waals surface area contributed by atoms with Crippen molar-refractivity contribution in [3.8, 4) is 5.75 Å². The van der Waals surface area contributed by atoms with Crippen LogP contribution >= 0.6 is 0 Å². The zero-order valence-corrected chi connectivity index (χ0v) is 9.75. The van der Waals surface area contributed by atoms with Crippen LogP contribution in [-0.4, -0.2) is 15.0 Å². The third kappa shape index (κ3) is 1.71. The fourth-order valence-electron chi connectivity index (χ4n) is 1.76. The molecule has 4 nitrogen and oxygen atoms in total. The van der Waals surface area contributed by atoms with Crippen LogP contribution in [0.1, 0.15) is 37.7 Å². The molecule has 1 heterocycles. The average molecular weight is 211 g/mol. The predicted octanol–water partition coefficient (Wildman–Crippen LogP) is 1.71. The Morgan fingerprint density at radius 1 is 1.20 bits per heavy atom. The van der Waals surface area contributed by atoms with Gasteiger partial charge in [-0.25, -0.2) is 0 Å². The Balaban J connectivity index is 3.76. The molecule has 2 N–H and O–H groups in total. The van der Waals surface area contributed by atoms with Crippen molar-refractivity contribution in [2.75, 3.05) is 0 Å². The molecular weight excluding hydrogens is 194 g/mol. The molecule has 0 aliphatic carbocycles. The summed E-state index contributed by atoms with van der Waals surface area (Å²) in [6, 6.07) is 0. The smallest absolute Gasteiger partial charge is 0.226 e. The van der Waals surface area contributed by atoms with Crippen molar-refractivity contribution in [2.45, 2.75) is 40.0 Å². The Morgan fingerprint density at radius 2 is 1.67 bits per heavy atom. The molecule has 0 amide bonds. The van der Waals surface area contributed by atoms with E-state index >= 15 is 0 Å². The fraction of sp³-hybridized carbons (Fsp3) is 0.545. The van der Waals surface area contributed by atoms with Crippen molar-refractivity contribution >= 4 is 0 Å². The largest absolute Gasteiger partial charge is 0.503 e. The SMILES string of the molecule is Cc1c(C(C)(C)C)n(O)c(C)c(O)c1=O. The molecule has 0 saturated carbocycles. The zero-order chi connectivity index (χ0) is 12.0. The van der Waals surface area contributed by atoms with Crippen LogP contribution in [0.25, 0.3) is 0 Å². The summed E-state index contributed by atoms with van der Waals surface area (Å²) in [6.45, 7) is 8.81. The zero-order valence-electron chi connectivity index (χ0n) is 9.75. The van der Waals surface area contributed by atoms with Crippen LogP contribution in [0.15, 0.2) is 4.79 Å². The Hall–Kier alpha value is -1.45. The molecule has 0 aliphatic rings. The van der Waals surface area contributed by atoms with E-state index in [9.17, 15) is 15.1 Å². The van der Waals surface area contributed by atoms with Gasteiger partial charge >= 0.3 is 0 Å². The summed E-state index contributed by atoms with van der Waals surface area (Å²) in [4.78, 5) is 11.6. The number of nitrogens with zero attached hydrogens (tertiary/aromatic N) is 1. The number of hydrogen-bond donors (Lipinski definition) is 2. The minimum Gasteiger partial charge on any atom is -0.503 e. The number of aromatic hydroxyl groups is 1. The fourth-order valence-corrected chi connectivity index (χ4v) is 1.76. The van der Waals surface area contributed by atoms with Gasteiger partial charge in [0.15, 0.2) is 5.75 Å². The Bertz CT molecular complexity index is 452. The second-order valence-corrected chi connectivity index (χ2v) is 4.80. The molecule has 0 saturated heterocycles. The molecule has 4 heteroatoms. The molecule has 0 radical (unpaired) electrons. The highest BCUT2D eigenvalue weighted by atomic mass is 16.5. The number of rotatable bonds is 0. The molecule has 1 aromatic heterocycles. The molecule has 15 heavy (non-hydrogen) atoms. The maximum Gasteiger partial charge on any atom is 0.226 e. The first-order chi connectivity index (χ1) is 6.68. The van der Waals surface area contributed by atoms with Gasteiger partial charge < -0.3 is 10.3 Å². The maximum absolute atomic E-state index is 11.6. The summed E-state index contributed by atoms with van der Waals surface area (Å²) in [5, 5.41) is 19.3. The van der Waals surface area contributed by atoms with Gasteiger partial charge in [-0.15, -0.1) is 0 Å². The van der Waals surface area contributed by atoms with E-state index in [0.717, 1.165) is 4.73 Å². The lowest BCUT2D eigenvalue weighted by Crippen LogP contribution is -2.27. The van der Waals surface area contributed by atoms with Gasteiger partial charge in [-0.3, -0.25) is 4.79 Å². The molecule has 84 valence electrons. The molecular formula is C11H17NO3. The van der Waals surface area contributed by atoms with Crippen LogP contribution in [0.4, 0.5) is 0 Å². The third-order valence-corrected chi connectivity index (χ3v) is 2.49. The van der Waals surface area contributed by atoms with Crippen LogP contribution in [0.2, 0.25) is 0 Å². The Labute approximate surface area is 88.8 Å². The molecule has 1 rings (SSSR count). The Kier molecular flexibility index (Phi) is 2.55. The lowest BCUT2D eigenvalue weighted by atomic mass is 9.88. The van der Waals surface area contributed by atoms with E-state index in [-0.39, 0.29) is 16.9 Å². The van der Waals surface area contributed by atoms with Crippen molar-refractivity contribution in [3.05, 3.63) is 27.2 Å². The van der Waals surface area contributed by atoms with Crippen LogP contribution in [-0.2, 0) is 5.41 Å². The van der Waals surface area contributed by atoms with Crippen molar-refractivity contribution < 1.29 is 10.3 Å². The average Bonchev–Trinajstić information content (AvgIpc) is 2.09. The second kappa shape index (κ2) is 3.29. The number of pyridine rings is 1.